The molecule has 186 valence electrons. The summed E-state index contributed by atoms with van der Waals surface area (Å²) in [6.07, 6.45) is 1.65. The first-order valence-electron chi connectivity index (χ1n) is 12.4. The van der Waals surface area contributed by atoms with Gasteiger partial charge in [0.1, 0.15) is 11.6 Å². The van der Waals surface area contributed by atoms with Crippen LogP contribution in [0.2, 0.25) is 0 Å². The number of fused-ring (bicyclic) bond motifs is 1. The van der Waals surface area contributed by atoms with Crippen molar-refractivity contribution in [2.75, 3.05) is 71.4 Å². The highest BCUT2D eigenvalue weighted by molar-refractivity contribution is 5.79. The van der Waals surface area contributed by atoms with E-state index in [0.717, 1.165) is 82.3 Å². The number of aromatic nitrogens is 4. The fourth-order valence-electron chi connectivity index (χ4n) is 4.79. The van der Waals surface area contributed by atoms with E-state index in [-0.39, 0.29) is 11.8 Å². The molecule has 1 N–H and O–H groups in total. The molecular formula is C25H34N8O2. The predicted octanol–water partition coefficient (Wildman–Crippen LogP) is 1.38. The molecule has 2 aliphatic rings. The van der Waals surface area contributed by atoms with Crippen molar-refractivity contribution in [3.8, 4) is 17.1 Å². The van der Waals surface area contributed by atoms with Gasteiger partial charge in [0, 0.05) is 63.8 Å². The average Bonchev–Trinajstić information content (AvgIpc) is 3.33. The Morgan fingerprint density at radius 3 is 2.46 bits per heavy atom. The smallest absolute Gasteiger partial charge is 0.223 e. The van der Waals surface area contributed by atoms with E-state index in [4.69, 9.17) is 9.84 Å². The van der Waals surface area contributed by atoms with Crippen molar-refractivity contribution in [3.05, 3.63) is 36.4 Å². The van der Waals surface area contributed by atoms with Gasteiger partial charge in [0.25, 0.3) is 0 Å². The van der Waals surface area contributed by atoms with E-state index in [2.05, 4.69) is 37.3 Å². The second-order valence-electron chi connectivity index (χ2n) is 9.41. The number of likely N-dealkylation sites (N-methyl/N-ethyl adjacent to an activating group) is 1. The number of hydrogen-bond acceptors (Lipinski definition) is 8. The van der Waals surface area contributed by atoms with E-state index in [1.807, 2.05) is 36.4 Å². The molecule has 2 saturated heterocycles. The summed E-state index contributed by atoms with van der Waals surface area (Å²) in [5, 5.41) is 16.6. The van der Waals surface area contributed by atoms with Gasteiger partial charge in [0.2, 0.25) is 5.91 Å². The van der Waals surface area contributed by atoms with E-state index in [1.54, 1.807) is 11.6 Å². The Hall–Kier alpha value is -3.24. The number of nitrogens with zero attached hydrogens (tertiary/aromatic N) is 7. The lowest BCUT2D eigenvalue weighted by molar-refractivity contribution is -0.125. The molecule has 35 heavy (non-hydrogen) atoms. The molecule has 2 aromatic heterocycles. The molecule has 0 bridgehead atoms. The molecule has 0 spiro atoms. The Bertz CT molecular complexity index is 1130. The number of ether oxygens (including phenoxy) is 1. The molecule has 0 atom stereocenters. The van der Waals surface area contributed by atoms with Crippen molar-refractivity contribution < 1.29 is 9.53 Å². The topological polar surface area (TPSA) is 91.1 Å². The number of carbonyl (C=O) groups is 1. The number of piperidine rings is 1. The standard InChI is InChI=1S/C25H34N8O2/c1-30-15-17-31(18-16-30)14-11-26-25(34)20-9-12-32(13-10-20)23-8-7-22-27-28-24(33(22)29-23)19-3-5-21(35-2)6-4-19/h3-8,20H,9-18H2,1-2H3,(H,26,34). The molecule has 10 nitrogen and oxygen atoms in total. The van der Waals surface area contributed by atoms with Crippen molar-refractivity contribution >= 4 is 17.4 Å². The Morgan fingerprint density at radius 1 is 1.00 bits per heavy atom. The van der Waals surface area contributed by atoms with Crippen LogP contribution in [0.4, 0.5) is 5.82 Å². The zero-order valence-electron chi connectivity index (χ0n) is 20.6. The highest BCUT2D eigenvalue weighted by Crippen LogP contribution is 2.25. The summed E-state index contributed by atoms with van der Waals surface area (Å²) >= 11 is 0. The largest absolute Gasteiger partial charge is 0.497 e. The van der Waals surface area contributed by atoms with Gasteiger partial charge in [-0.25, -0.2) is 0 Å². The second kappa shape index (κ2) is 10.6. The third kappa shape index (κ3) is 5.38. The van der Waals surface area contributed by atoms with E-state index in [9.17, 15) is 4.79 Å². The molecule has 0 aliphatic carbocycles. The van der Waals surface area contributed by atoms with Crippen LogP contribution in [-0.2, 0) is 4.79 Å². The highest BCUT2D eigenvalue weighted by atomic mass is 16.5. The number of nitrogens with one attached hydrogen (secondary N) is 1. The maximum Gasteiger partial charge on any atom is 0.223 e. The number of carbonyl (C=O) groups excluding carboxylic acids is 1. The van der Waals surface area contributed by atoms with Gasteiger partial charge >= 0.3 is 0 Å². The number of benzene rings is 1. The van der Waals surface area contributed by atoms with Crippen LogP contribution >= 0.6 is 0 Å². The summed E-state index contributed by atoms with van der Waals surface area (Å²) < 4.78 is 7.04. The summed E-state index contributed by atoms with van der Waals surface area (Å²) in [6.45, 7) is 7.61. The molecule has 0 radical (unpaired) electrons. The van der Waals surface area contributed by atoms with Crippen LogP contribution in [0.1, 0.15) is 12.8 Å². The van der Waals surface area contributed by atoms with Gasteiger partial charge in [-0.05, 0) is 56.3 Å². The molecule has 4 heterocycles. The second-order valence-corrected chi connectivity index (χ2v) is 9.41. The minimum atomic E-state index is 0.0623. The number of hydrogen-bond donors (Lipinski definition) is 1. The van der Waals surface area contributed by atoms with Gasteiger partial charge in [0.05, 0.1) is 7.11 Å². The molecule has 2 aliphatic heterocycles. The van der Waals surface area contributed by atoms with Crippen LogP contribution in [0.5, 0.6) is 5.75 Å². The Labute approximate surface area is 205 Å². The SMILES string of the molecule is COc1ccc(-c2nnc3ccc(N4CCC(C(=O)NCCN5CCN(C)CC5)CC4)nn23)cc1. The zero-order valence-corrected chi connectivity index (χ0v) is 20.6. The molecule has 0 unspecified atom stereocenters. The highest BCUT2D eigenvalue weighted by Gasteiger charge is 2.26. The maximum absolute atomic E-state index is 12.7. The Morgan fingerprint density at radius 2 is 1.74 bits per heavy atom. The first kappa shape index (κ1) is 23.5. The summed E-state index contributed by atoms with van der Waals surface area (Å²) in [6, 6.07) is 11.6. The lowest BCUT2D eigenvalue weighted by Gasteiger charge is -2.33. The number of piperazine rings is 1. The van der Waals surface area contributed by atoms with Crippen LogP contribution in [0, 0.1) is 5.92 Å². The minimum Gasteiger partial charge on any atom is -0.497 e. The first-order chi connectivity index (χ1) is 17.1. The number of methoxy groups -OCH3 is 1. The van der Waals surface area contributed by atoms with Crippen molar-refractivity contribution in [1.29, 1.82) is 0 Å². The lowest BCUT2D eigenvalue weighted by atomic mass is 9.96. The van der Waals surface area contributed by atoms with Gasteiger partial charge in [-0.3, -0.25) is 9.69 Å². The summed E-state index contributed by atoms with van der Waals surface area (Å²) in [5.74, 6) is 2.61. The van der Waals surface area contributed by atoms with Crippen molar-refractivity contribution in [2.45, 2.75) is 12.8 Å². The molecule has 3 aromatic rings. The Kier molecular flexibility index (Phi) is 7.10. The van der Waals surface area contributed by atoms with Crippen LogP contribution in [0.15, 0.2) is 36.4 Å². The lowest BCUT2D eigenvalue weighted by Crippen LogP contribution is -2.48. The molecule has 1 amide bonds. The maximum atomic E-state index is 12.7. The third-order valence-electron chi connectivity index (χ3n) is 7.11. The fraction of sp³-hybridized carbons (Fsp3) is 0.520. The van der Waals surface area contributed by atoms with Crippen molar-refractivity contribution in [3.63, 3.8) is 0 Å². The van der Waals surface area contributed by atoms with Crippen LogP contribution in [0.25, 0.3) is 17.0 Å². The molecule has 5 rings (SSSR count). The summed E-state index contributed by atoms with van der Waals surface area (Å²) in [7, 11) is 3.81. The van der Waals surface area contributed by atoms with E-state index in [0.29, 0.717) is 11.5 Å². The van der Waals surface area contributed by atoms with E-state index in [1.165, 1.54) is 0 Å². The number of anilines is 1. The summed E-state index contributed by atoms with van der Waals surface area (Å²) in [4.78, 5) is 19.7. The Balaban J connectivity index is 1.16. The first-order valence-corrected chi connectivity index (χ1v) is 12.4. The molecular weight excluding hydrogens is 444 g/mol. The van der Waals surface area contributed by atoms with Gasteiger partial charge in [-0.15, -0.1) is 15.3 Å². The third-order valence-corrected chi connectivity index (χ3v) is 7.11. The molecule has 10 heteroatoms. The number of rotatable bonds is 7. The van der Waals surface area contributed by atoms with Gasteiger partial charge < -0.3 is 19.9 Å². The van der Waals surface area contributed by atoms with Gasteiger partial charge in [-0.1, -0.05) is 0 Å². The molecule has 0 saturated carbocycles. The predicted molar refractivity (Wildman–Crippen MR) is 135 cm³/mol. The normalized spacial score (nSPS) is 18.2. The van der Waals surface area contributed by atoms with E-state index >= 15 is 0 Å². The number of amides is 1. The zero-order chi connectivity index (χ0) is 24.2. The molecule has 2 fully saturated rings. The van der Waals surface area contributed by atoms with Gasteiger partial charge in [0.15, 0.2) is 11.5 Å². The van der Waals surface area contributed by atoms with Crippen LogP contribution in [0.3, 0.4) is 0 Å². The monoisotopic (exact) mass is 478 g/mol. The van der Waals surface area contributed by atoms with Crippen molar-refractivity contribution in [2.24, 2.45) is 5.92 Å². The van der Waals surface area contributed by atoms with Gasteiger partial charge in [-0.2, -0.15) is 4.52 Å². The van der Waals surface area contributed by atoms with E-state index < -0.39 is 0 Å². The van der Waals surface area contributed by atoms with Crippen LogP contribution < -0.4 is 15.0 Å². The van der Waals surface area contributed by atoms with Crippen molar-refractivity contribution in [1.82, 2.24) is 34.9 Å². The van der Waals surface area contributed by atoms with Crippen LogP contribution in [-0.4, -0.2) is 102 Å². The quantitative estimate of drug-likeness (QED) is 0.545. The fourth-order valence-corrected chi connectivity index (χ4v) is 4.79. The average molecular weight is 479 g/mol. The summed E-state index contributed by atoms with van der Waals surface area (Å²) in [5.41, 5.74) is 1.63. The molecule has 1 aromatic carbocycles. The minimum absolute atomic E-state index is 0.0623.